The maximum absolute atomic E-state index is 13.2. The lowest BCUT2D eigenvalue weighted by molar-refractivity contribution is 0.218. The van der Waals surface area contributed by atoms with Gasteiger partial charge < -0.3 is 10.1 Å². The maximum Gasteiger partial charge on any atom is 0.268 e. The third-order valence-corrected chi connectivity index (χ3v) is 6.84. The van der Waals surface area contributed by atoms with Crippen molar-refractivity contribution in [2.45, 2.75) is 11.0 Å². The van der Waals surface area contributed by atoms with Crippen LogP contribution in [0.4, 0.5) is 0 Å². The number of aliphatic hydroxyl groups is 1. The molecule has 0 radical (unpaired) electrons. The van der Waals surface area contributed by atoms with Gasteiger partial charge in [-0.15, -0.1) is 0 Å². The number of aliphatic hydroxyl groups excluding tert-OH is 1. The van der Waals surface area contributed by atoms with Crippen molar-refractivity contribution >= 4 is 31.8 Å². The number of rotatable bonds is 4. The van der Waals surface area contributed by atoms with Crippen molar-refractivity contribution in [2.24, 2.45) is 0 Å². The maximum atomic E-state index is 13.2. The molecule has 5 nitrogen and oxygen atoms in total. The van der Waals surface area contributed by atoms with E-state index < -0.39 is 16.1 Å². The second-order valence-electron chi connectivity index (χ2n) is 6.93. The fraction of sp³-hybridized carbons (Fsp3) is 0.0435. The summed E-state index contributed by atoms with van der Waals surface area (Å²) in [6, 6.07) is 25.1. The Kier molecular flexibility index (Phi) is 4.04. The first-order valence-corrected chi connectivity index (χ1v) is 10.7. The van der Waals surface area contributed by atoms with Gasteiger partial charge in [-0.2, -0.15) is 0 Å². The number of hydrogen-bond donors (Lipinski definition) is 2. The van der Waals surface area contributed by atoms with Crippen LogP contribution in [0.25, 0.3) is 21.8 Å². The summed E-state index contributed by atoms with van der Waals surface area (Å²) in [6.45, 7) is 0. The largest absolute Gasteiger partial charge is 0.382 e. The van der Waals surface area contributed by atoms with E-state index in [4.69, 9.17) is 0 Å². The van der Waals surface area contributed by atoms with Gasteiger partial charge in [0.25, 0.3) is 10.0 Å². The Labute approximate surface area is 167 Å². The van der Waals surface area contributed by atoms with Gasteiger partial charge in [0.1, 0.15) is 6.10 Å². The van der Waals surface area contributed by atoms with Crippen molar-refractivity contribution in [2.75, 3.05) is 0 Å². The van der Waals surface area contributed by atoms with E-state index in [1.165, 1.54) is 10.2 Å². The molecule has 0 aliphatic rings. The van der Waals surface area contributed by atoms with Gasteiger partial charge in [0.2, 0.25) is 0 Å². The molecule has 2 N–H and O–H groups in total. The minimum absolute atomic E-state index is 0.201. The molecule has 5 rings (SSSR count). The van der Waals surface area contributed by atoms with Gasteiger partial charge in [-0.25, -0.2) is 12.4 Å². The molecule has 5 aromatic rings. The van der Waals surface area contributed by atoms with E-state index in [1.54, 1.807) is 42.5 Å². The van der Waals surface area contributed by atoms with E-state index in [2.05, 4.69) is 4.98 Å². The Hall–Kier alpha value is -3.35. The Morgan fingerprint density at radius 2 is 1.55 bits per heavy atom. The van der Waals surface area contributed by atoms with Crippen LogP contribution in [-0.2, 0) is 10.0 Å². The molecule has 0 aliphatic heterocycles. The molecule has 1 unspecified atom stereocenters. The molecule has 0 amide bonds. The highest BCUT2D eigenvalue weighted by molar-refractivity contribution is 7.90. The molecular formula is C23H18N2O3S. The molecule has 6 heteroatoms. The summed E-state index contributed by atoms with van der Waals surface area (Å²) in [5.41, 5.74) is 2.60. The van der Waals surface area contributed by atoms with Gasteiger partial charge in [0, 0.05) is 28.4 Å². The SMILES string of the molecule is O=S(=O)(c1ccccc1)n1cc(C(O)c2cc3ccccc3[nH]2)c2ccccc21. The molecule has 2 aromatic heterocycles. The van der Waals surface area contributed by atoms with Gasteiger partial charge in [0.05, 0.1) is 10.4 Å². The normalized spacial score (nSPS) is 13.1. The van der Waals surface area contributed by atoms with Crippen molar-refractivity contribution in [1.82, 2.24) is 8.96 Å². The van der Waals surface area contributed by atoms with Crippen LogP contribution < -0.4 is 0 Å². The first kappa shape index (κ1) is 17.7. The van der Waals surface area contributed by atoms with Crippen molar-refractivity contribution < 1.29 is 13.5 Å². The van der Waals surface area contributed by atoms with E-state index in [9.17, 15) is 13.5 Å². The molecule has 0 aliphatic carbocycles. The zero-order valence-electron chi connectivity index (χ0n) is 15.4. The summed E-state index contributed by atoms with van der Waals surface area (Å²) < 4.78 is 27.7. The number of aromatic nitrogens is 2. The van der Waals surface area contributed by atoms with Crippen LogP contribution in [0.3, 0.4) is 0 Å². The van der Waals surface area contributed by atoms with Crippen molar-refractivity contribution in [3.05, 3.63) is 102 Å². The Balaban J connectivity index is 1.70. The molecule has 0 spiro atoms. The van der Waals surface area contributed by atoms with Crippen LogP contribution in [0.2, 0.25) is 0 Å². The lowest BCUT2D eigenvalue weighted by Gasteiger charge is -2.08. The lowest BCUT2D eigenvalue weighted by Crippen LogP contribution is -2.11. The third kappa shape index (κ3) is 2.85. The number of para-hydroxylation sites is 2. The lowest BCUT2D eigenvalue weighted by atomic mass is 10.1. The standard InChI is InChI=1S/C23H18N2O3S/c26-23(21-14-16-8-4-6-12-20(16)24-21)19-15-25(22-13-7-5-11-18(19)22)29(27,28)17-9-2-1-3-10-17/h1-15,23-24,26H. The number of hydrogen-bond acceptors (Lipinski definition) is 3. The third-order valence-electron chi connectivity index (χ3n) is 5.15. The molecule has 1 atom stereocenters. The number of nitrogens with one attached hydrogen (secondary N) is 1. The minimum Gasteiger partial charge on any atom is -0.382 e. The topological polar surface area (TPSA) is 75.1 Å². The fourth-order valence-corrected chi connectivity index (χ4v) is 5.11. The van der Waals surface area contributed by atoms with Crippen LogP contribution in [0.15, 0.2) is 96.0 Å². The minimum atomic E-state index is -3.79. The van der Waals surface area contributed by atoms with Crippen LogP contribution >= 0.6 is 0 Å². The fourth-order valence-electron chi connectivity index (χ4n) is 3.71. The van der Waals surface area contributed by atoms with E-state index in [0.717, 1.165) is 10.9 Å². The number of nitrogens with zero attached hydrogens (tertiary/aromatic N) is 1. The molecule has 0 fully saturated rings. The predicted octanol–water partition coefficient (Wildman–Crippen LogP) is 4.44. The number of fused-ring (bicyclic) bond motifs is 2. The summed E-state index contributed by atoms with van der Waals surface area (Å²) in [6.07, 6.45) is 0.530. The Morgan fingerprint density at radius 3 is 2.34 bits per heavy atom. The highest BCUT2D eigenvalue weighted by Crippen LogP contribution is 2.33. The molecule has 0 bridgehead atoms. The number of aromatic amines is 1. The van der Waals surface area contributed by atoms with E-state index >= 15 is 0 Å². The zero-order chi connectivity index (χ0) is 20.0. The average molecular weight is 402 g/mol. The van der Waals surface area contributed by atoms with Gasteiger partial charge in [-0.05, 0) is 35.7 Å². The van der Waals surface area contributed by atoms with Crippen molar-refractivity contribution in [3.8, 4) is 0 Å². The summed E-state index contributed by atoms with van der Waals surface area (Å²) in [7, 11) is -3.79. The summed E-state index contributed by atoms with van der Waals surface area (Å²) in [4.78, 5) is 3.43. The summed E-state index contributed by atoms with van der Waals surface area (Å²) >= 11 is 0. The molecule has 29 heavy (non-hydrogen) atoms. The molecule has 144 valence electrons. The smallest absolute Gasteiger partial charge is 0.268 e. The first-order chi connectivity index (χ1) is 14.1. The zero-order valence-corrected chi connectivity index (χ0v) is 16.2. The van der Waals surface area contributed by atoms with Crippen LogP contribution in [0.5, 0.6) is 0 Å². The predicted molar refractivity (Wildman–Crippen MR) is 113 cm³/mol. The van der Waals surface area contributed by atoms with E-state index in [1.807, 2.05) is 42.5 Å². The van der Waals surface area contributed by atoms with E-state index in [-0.39, 0.29) is 4.90 Å². The number of benzene rings is 3. The first-order valence-electron chi connectivity index (χ1n) is 9.22. The monoisotopic (exact) mass is 402 g/mol. The molecule has 0 saturated heterocycles. The number of H-pyrrole nitrogens is 1. The Morgan fingerprint density at radius 1 is 0.862 bits per heavy atom. The second-order valence-corrected chi connectivity index (χ2v) is 8.74. The van der Waals surface area contributed by atoms with Gasteiger partial charge in [-0.1, -0.05) is 54.6 Å². The molecular weight excluding hydrogens is 384 g/mol. The van der Waals surface area contributed by atoms with Gasteiger partial charge in [-0.3, -0.25) is 0 Å². The van der Waals surface area contributed by atoms with Crippen LogP contribution in [0, 0.1) is 0 Å². The molecule has 2 heterocycles. The molecule has 0 saturated carbocycles. The van der Waals surface area contributed by atoms with Gasteiger partial charge >= 0.3 is 0 Å². The van der Waals surface area contributed by atoms with E-state index in [0.29, 0.717) is 22.2 Å². The van der Waals surface area contributed by atoms with Crippen LogP contribution in [-0.4, -0.2) is 22.5 Å². The second kappa shape index (κ2) is 6.62. The summed E-state index contributed by atoms with van der Waals surface area (Å²) in [5.74, 6) is 0. The highest BCUT2D eigenvalue weighted by Gasteiger charge is 2.24. The quantitative estimate of drug-likeness (QED) is 0.467. The summed E-state index contributed by atoms with van der Waals surface area (Å²) in [5, 5.41) is 12.8. The van der Waals surface area contributed by atoms with Gasteiger partial charge in [0.15, 0.2) is 0 Å². The Bertz CT molecular complexity index is 1400. The van der Waals surface area contributed by atoms with Crippen molar-refractivity contribution in [3.63, 3.8) is 0 Å². The van der Waals surface area contributed by atoms with Crippen molar-refractivity contribution in [1.29, 1.82) is 0 Å². The molecule has 3 aromatic carbocycles. The average Bonchev–Trinajstić information content (AvgIpc) is 3.36. The van der Waals surface area contributed by atoms with Crippen LogP contribution in [0.1, 0.15) is 17.4 Å². The highest BCUT2D eigenvalue weighted by atomic mass is 32.2.